The highest BCUT2D eigenvalue weighted by Gasteiger charge is 2.08. The van der Waals surface area contributed by atoms with Crippen LogP contribution >= 0.6 is 11.6 Å². The van der Waals surface area contributed by atoms with Gasteiger partial charge in [0.1, 0.15) is 5.75 Å². The van der Waals surface area contributed by atoms with Gasteiger partial charge in [-0.3, -0.25) is 5.10 Å². The zero-order chi connectivity index (χ0) is 13.2. The van der Waals surface area contributed by atoms with Crippen molar-refractivity contribution in [3.8, 4) is 5.75 Å². The summed E-state index contributed by atoms with van der Waals surface area (Å²) in [5, 5.41) is 10.6. The summed E-state index contributed by atoms with van der Waals surface area (Å²) >= 11 is 5.98. The summed E-state index contributed by atoms with van der Waals surface area (Å²) in [4.78, 5) is 8.32. The van der Waals surface area contributed by atoms with E-state index < -0.39 is 0 Å². The molecule has 0 bridgehead atoms. The molecule has 0 spiro atoms. The molecule has 96 valence electrons. The van der Waals surface area contributed by atoms with Crippen LogP contribution in [-0.4, -0.2) is 27.3 Å². The molecule has 7 heteroatoms. The predicted molar refractivity (Wildman–Crippen MR) is 73.0 cm³/mol. The van der Waals surface area contributed by atoms with E-state index in [1.54, 1.807) is 31.6 Å². The van der Waals surface area contributed by atoms with Crippen LogP contribution in [0.3, 0.4) is 0 Å². The van der Waals surface area contributed by atoms with E-state index in [0.717, 1.165) is 5.69 Å². The first-order chi connectivity index (χ1) is 9.28. The van der Waals surface area contributed by atoms with Crippen LogP contribution in [0.5, 0.6) is 5.75 Å². The number of halogens is 1. The molecule has 0 saturated carbocycles. The summed E-state index contributed by atoms with van der Waals surface area (Å²) in [7, 11) is 1.57. The molecule has 1 aromatic carbocycles. The minimum atomic E-state index is 0.558. The van der Waals surface area contributed by atoms with Gasteiger partial charge in [-0.25, -0.2) is 9.97 Å². The molecule has 2 heterocycles. The summed E-state index contributed by atoms with van der Waals surface area (Å²) in [5.41, 5.74) is 2.06. The van der Waals surface area contributed by atoms with E-state index in [1.165, 1.54) is 0 Å². The van der Waals surface area contributed by atoms with Crippen molar-refractivity contribution in [1.82, 2.24) is 20.2 Å². The molecule has 0 fully saturated rings. The minimum absolute atomic E-state index is 0.558. The smallest absolute Gasteiger partial charge is 0.201 e. The molecule has 0 radical (unpaired) electrons. The number of benzene rings is 1. The summed E-state index contributed by atoms with van der Waals surface area (Å²) in [6.07, 6.45) is 3.21. The lowest BCUT2D eigenvalue weighted by Gasteiger charge is -2.07. The SMILES string of the molecule is COc1cc(Nc2[nH]nc3nccnc23)ccc1Cl. The van der Waals surface area contributed by atoms with Crippen LogP contribution in [0.4, 0.5) is 11.5 Å². The molecule has 0 atom stereocenters. The highest BCUT2D eigenvalue weighted by atomic mass is 35.5. The molecule has 0 aliphatic carbocycles. The molecular weight excluding hydrogens is 266 g/mol. The fraction of sp³-hybridized carbons (Fsp3) is 0.0833. The van der Waals surface area contributed by atoms with Gasteiger partial charge in [0.2, 0.25) is 5.65 Å². The lowest BCUT2D eigenvalue weighted by atomic mass is 10.3. The topological polar surface area (TPSA) is 75.7 Å². The Kier molecular flexibility index (Phi) is 2.92. The van der Waals surface area contributed by atoms with Gasteiger partial charge in [0.25, 0.3) is 0 Å². The second-order valence-corrected chi connectivity index (χ2v) is 4.21. The van der Waals surface area contributed by atoms with Crippen molar-refractivity contribution in [1.29, 1.82) is 0 Å². The molecule has 0 saturated heterocycles. The van der Waals surface area contributed by atoms with Gasteiger partial charge >= 0.3 is 0 Å². The Morgan fingerprint density at radius 3 is 2.95 bits per heavy atom. The largest absolute Gasteiger partial charge is 0.495 e. The molecule has 2 N–H and O–H groups in total. The van der Waals surface area contributed by atoms with Gasteiger partial charge in [0.15, 0.2) is 11.3 Å². The van der Waals surface area contributed by atoms with E-state index in [9.17, 15) is 0 Å². The van der Waals surface area contributed by atoms with Gasteiger partial charge in [0.05, 0.1) is 12.1 Å². The number of rotatable bonds is 3. The van der Waals surface area contributed by atoms with Crippen LogP contribution < -0.4 is 10.1 Å². The Morgan fingerprint density at radius 2 is 2.11 bits per heavy atom. The number of aromatic nitrogens is 4. The minimum Gasteiger partial charge on any atom is -0.495 e. The number of fused-ring (bicyclic) bond motifs is 1. The molecule has 0 unspecified atom stereocenters. The van der Waals surface area contributed by atoms with Crippen LogP contribution in [0.2, 0.25) is 5.02 Å². The number of aromatic amines is 1. The van der Waals surface area contributed by atoms with Crippen molar-refractivity contribution >= 4 is 34.3 Å². The molecule has 0 aliphatic heterocycles. The van der Waals surface area contributed by atoms with Gasteiger partial charge in [-0.1, -0.05) is 11.6 Å². The van der Waals surface area contributed by atoms with Crippen molar-refractivity contribution in [3.63, 3.8) is 0 Å². The van der Waals surface area contributed by atoms with Crippen LogP contribution in [-0.2, 0) is 0 Å². The number of hydrogen-bond donors (Lipinski definition) is 2. The van der Waals surface area contributed by atoms with Gasteiger partial charge < -0.3 is 10.1 Å². The van der Waals surface area contributed by atoms with Gasteiger partial charge in [-0.2, -0.15) is 5.10 Å². The van der Waals surface area contributed by atoms with Crippen molar-refractivity contribution in [2.24, 2.45) is 0 Å². The van der Waals surface area contributed by atoms with E-state index in [1.807, 2.05) is 6.07 Å². The average molecular weight is 276 g/mol. The lowest BCUT2D eigenvalue weighted by Crippen LogP contribution is -1.93. The Bertz CT molecular complexity index is 727. The number of nitrogens with zero attached hydrogens (tertiary/aromatic N) is 3. The third-order valence-corrected chi connectivity index (χ3v) is 2.92. The summed E-state index contributed by atoms with van der Waals surface area (Å²) < 4.78 is 5.17. The zero-order valence-corrected chi connectivity index (χ0v) is 10.8. The van der Waals surface area contributed by atoms with Crippen molar-refractivity contribution in [2.45, 2.75) is 0 Å². The fourth-order valence-corrected chi connectivity index (χ4v) is 1.91. The maximum Gasteiger partial charge on any atom is 0.201 e. The maximum atomic E-state index is 5.98. The van der Waals surface area contributed by atoms with Gasteiger partial charge in [-0.05, 0) is 12.1 Å². The average Bonchev–Trinajstić information content (AvgIpc) is 2.84. The fourth-order valence-electron chi connectivity index (χ4n) is 1.72. The first-order valence-electron chi connectivity index (χ1n) is 5.53. The maximum absolute atomic E-state index is 5.98. The quantitative estimate of drug-likeness (QED) is 0.769. The number of methoxy groups -OCH3 is 1. The number of H-pyrrole nitrogens is 1. The summed E-state index contributed by atoms with van der Waals surface area (Å²) in [5.74, 6) is 1.27. The highest BCUT2D eigenvalue weighted by molar-refractivity contribution is 6.32. The second kappa shape index (κ2) is 4.74. The summed E-state index contributed by atoms with van der Waals surface area (Å²) in [6.45, 7) is 0. The summed E-state index contributed by atoms with van der Waals surface area (Å²) in [6, 6.07) is 5.40. The van der Waals surface area contributed by atoms with Gasteiger partial charge in [-0.15, -0.1) is 0 Å². The standard InChI is InChI=1S/C12H10ClN5O/c1-19-9-6-7(2-3-8(9)13)16-12-10-11(17-18-12)15-5-4-14-10/h2-6H,1H3,(H2,15,16,17,18). The van der Waals surface area contributed by atoms with Crippen LogP contribution in [0.25, 0.3) is 11.2 Å². The normalized spacial score (nSPS) is 10.6. The van der Waals surface area contributed by atoms with Crippen LogP contribution in [0, 0.1) is 0 Å². The number of anilines is 2. The second-order valence-electron chi connectivity index (χ2n) is 3.80. The first kappa shape index (κ1) is 11.7. The van der Waals surface area contributed by atoms with E-state index >= 15 is 0 Å². The van der Waals surface area contributed by atoms with E-state index in [4.69, 9.17) is 16.3 Å². The Hall–Kier alpha value is -2.34. The van der Waals surface area contributed by atoms with Crippen molar-refractivity contribution < 1.29 is 4.74 Å². The molecule has 6 nitrogen and oxygen atoms in total. The number of ether oxygens (including phenoxy) is 1. The van der Waals surface area contributed by atoms with E-state index in [-0.39, 0.29) is 0 Å². The van der Waals surface area contributed by atoms with E-state index in [0.29, 0.717) is 27.8 Å². The molecule has 3 rings (SSSR count). The lowest BCUT2D eigenvalue weighted by molar-refractivity contribution is 0.415. The highest BCUT2D eigenvalue weighted by Crippen LogP contribution is 2.29. The molecule has 0 amide bonds. The molecule has 19 heavy (non-hydrogen) atoms. The Labute approximate surface area is 113 Å². The molecule has 3 aromatic rings. The van der Waals surface area contributed by atoms with Gasteiger partial charge in [0, 0.05) is 24.1 Å². The third-order valence-electron chi connectivity index (χ3n) is 2.61. The van der Waals surface area contributed by atoms with Crippen molar-refractivity contribution in [2.75, 3.05) is 12.4 Å². The van der Waals surface area contributed by atoms with Crippen molar-refractivity contribution in [3.05, 3.63) is 35.6 Å². The Morgan fingerprint density at radius 1 is 1.26 bits per heavy atom. The number of hydrogen-bond acceptors (Lipinski definition) is 5. The van der Waals surface area contributed by atoms with E-state index in [2.05, 4.69) is 25.5 Å². The first-order valence-corrected chi connectivity index (χ1v) is 5.91. The third kappa shape index (κ3) is 2.17. The van der Waals surface area contributed by atoms with Crippen LogP contribution in [0.1, 0.15) is 0 Å². The monoisotopic (exact) mass is 275 g/mol. The molecule has 0 aliphatic rings. The molecular formula is C12H10ClN5O. The molecule has 2 aromatic heterocycles. The predicted octanol–water partition coefficient (Wildman–Crippen LogP) is 2.76. The zero-order valence-electron chi connectivity index (χ0n) is 10.0. The number of nitrogens with one attached hydrogen (secondary N) is 2. The van der Waals surface area contributed by atoms with Crippen LogP contribution in [0.15, 0.2) is 30.6 Å². The Balaban J connectivity index is 1.97.